The number of hydrogen-bond acceptors (Lipinski definition) is 2. The van der Waals surface area contributed by atoms with E-state index in [1.165, 1.54) is 6.07 Å². The van der Waals surface area contributed by atoms with Crippen molar-refractivity contribution in [3.8, 4) is 0 Å². The number of methoxy groups -OCH3 is 1. The number of ether oxygens (including phenoxy) is 1. The van der Waals surface area contributed by atoms with E-state index in [0.717, 1.165) is 11.1 Å². The zero-order valence-electron chi connectivity index (χ0n) is 12.2. The van der Waals surface area contributed by atoms with Gasteiger partial charge < -0.3 is 10.1 Å². The molecule has 18 heavy (non-hydrogen) atoms. The Hall–Kier alpha value is -0.930. The third kappa shape index (κ3) is 3.30. The molecule has 0 aromatic heterocycles. The van der Waals surface area contributed by atoms with Crippen LogP contribution in [0.4, 0.5) is 4.39 Å². The maximum absolute atomic E-state index is 13.4. The summed E-state index contributed by atoms with van der Waals surface area (Å²) in [5, 5.41) is 3.25. The second kappa shape index (κ2) is 5.81. The Morgan fingerprint density at radius 1 is 1.28 bits per heavy atom. The highest BCUT2D eigenvalue weighted by molar-refractivity contribution is 5.30. The van der Waals surface area contributed by atoms with Crippen molar-refractivity contribution in [3.05, 3.63) is 35.1 Å². The molecule has 1 rings (SSSR count). The lowest BCUT2D eigenvalue weighted by molar-refractivity contribution is -0.0103. The first-order valence-electron chi connectivity index (χ1n) is 6.27. The van der Waals surface area contributed by atoms with Crippen LogP contribution in [-0.2, 0) is 4.74 Å². The molecule has 0 aliphatic carbocycles. The Kier molecular flexibility index (Phi) is 4.88. The third-order valence-electron chi connectivity index (χ3n) is 3.30. The van der Waals surface area contributed by atoms with Gasteiger partial charge in [0.15, 0.2) is 0 Å². The first-order valence-corrected chi connectivity index (χ1v) is 6.27. The fourth-order valence-corrected chi connectivity index (χ4v) is 2.41. The van der Waals surface area contributed by atoms with Crippen LogP contribution in [0.25, 0.3) is 0 Å². The van der Waals surface area contributed by atoms with Crippen molar-refractivity contribution in [3.63, 3.8) is 0 Å². The summed E-state index contributed by atoms with van der Waals surface area (Å²) < 4.78 is 19.1. The Bertz CT molecular complexity index is 398. The predicted molar refractivity (Wildman–Crippen MR) is 73.2 cm³/mol. The monoisotopic (exact) mass is 253 g/mol. The van der Waals surface area contributed by atoms with Crippen LogP contribution in [0, 0.1) is 18.2 Å². The van der Waals surface area contributed by atoms with Gasteiger partial charge >= 0.3 is 0 Å². The molecule has 3 heteroatoms. The van der Waals surface area contributed by atoms with Crippen molar-refractivity contribution in [1.82, 2.24) is 5.32 Å². The van der Waals surface area contributed by atoms with E-state index in [4.69, 9.17) is 4.74 Å². The number of hydrogen-bond donors (Lipinski definition) is 1. The summed E-state index contributed by atoms with van der Waals surface area (Å²) in [4.78, 5) is 0. The highest BCUT2D eigenvalue weighted by Gasteiger charge is 2.33. The molecular weight excluding hydrogens is 229 g/mol. The quantitative estimate of drug-likeness (QED) is 0.887. The van der Waals surface area contributed by atoms with Gasteiger partial charge in [0.05, 0.1) is 12.1 Å². The summed E-state index contributed by atoms with van der Waals surface area (Å²) in [6, 6.07) is 4.87. The second-order valence-corrected chi connectivity index (χ2v) is 5.79. The van der Waals surface area contributed by atoms with Gasteiger partial charge in [-0.15, -0.1) is 0 Å². The molecule has 0 aliphatic heterocycles. The minimum absolute atomic E-state index is 0.0225. The van der Waals surface area contributed by atoms with Gasteiger partial charge in [-0.2, -0.15) is 0 Å². The summed E-state index contributed by atoms with van der Waals surface area (Å²) in [6.45, 7) is 8.37. The van der Waals surface area contributed by atoms with Crippen molar-refractivity contribution >= 4 is 0 Å². The SMILES string of the molecule is CNC(c1cc(F)ccc1C)C(OC)C(C)(C)C. The molecule has 0 saturated heterocycles. The van der Waals surface area contributed by atoms with E-state index in [0.29, 0.717) is 0 Å². The lowest BCUT2D eigenvalue weighted by atomic mass is 9.81. The molecule has 1 aromatic carbocycles. The molecule has 1 N–H and O–H groups in total. The maximum Gasteiger partial charge on any atom is 0.123 e. The average molecular weight is 253 g/mol. The molecule has 0 aliphatic rings. The molecule has 0 saturated carbocycles. The molecule has 0 bridgehead atoms. The largest absolute Gasteiger partial charge is 0.379 e. The van der Waals surface area contributed by atoms with Gasteiger partial charge in [-0.1, -0.05) is 26.8 Å². The summed E-state index contributed by atoms with van der Waals surface area (Å²) in [5.41, 5.74) is 2.00. The van der Waals surface area contributed by atoms with E-state index in [1.807, 2.05) is 20.0 Å². The smallest absolute Gasteiger partial charge is 0.123 e. The molecule has 0 spiro atoms. The van der Waals surface area contributed by atoms with Crippen LogP contribution in [0.15, 0.2) is 18.2 Å². The van der Waals surface area contributed by atoms with Crippen molar-refractivity contribution in [1.29, 1.82) is 0 Å². The zero-order valence-corrected chi connectivity index (χ0v) is 12.2. The van der Waals surface area contributed by atoms with Gasteiger partial charge in [-0.25, -0.2) is 4.39 Å². The molecule has 0 amide bonds. The summed E-state index contributed by atoms with van der Waals surface area (Å²) >= 11 is 0. The second-order valence-electron chi connectivity index (χ2n) is 5.79. The van der Waals surface area contributed by atoms with Crippen LogP contribution in [0.3, 0.4) is 0 Å². The van der Waals surface area contributed by atoms with E-state index in [1.54, 1.807) is 13.2 Å². The minimum atomic E-state index is -0.209. The van der Waals surface area contributed by atoms with Gasteiger partial charge in [-0.3, -0.25) is 0 Å². The summed E-state index contributed by atoms with van der Waals surface area (Å²) in [5.74, 6) is -0.209. The van der Waals surface area contributed by atoms with Gasteiger partial charge in [-0.05, 0) is 42.6 Å². The molecule has 0 heterocycles. The Morgan fingerprint density at radius 3 is 2.33 bits per heavy atom. The van der Waals surface area contributed by atoms with Gasteiger partial charge in [0.25, 0.3) is 0 Å². The Morgan fingerprint density at radius 2 is 1.89 bits per heavy atom. The van der Waals surface area contributed by atoms with E-state index >= 15 is 0 Å². The molecule has 2 nitrogen and oxygen atoms in total. The number of benzene rings is 1. The van der Waals surface area contributed by atoms with Crippen LogP contribution in [0.2, 0.25) is 0 Å². The molecule has 102 valence electrons. The summed E-state index contributed by atoms with van der Waals surface area (Å²) in [7, 11) is 3.58. The maximum atomic E-state index is 13.4. The van der Waals surface area contributed by atoms with Crippen LogP contribution in [-0.4, -0.2) is 20.3 Å². The molecule has 2 unspecified atom stereocenters. The number of nitrogens with one attached hydrogen (secondary N) is 1. The van der Waals surface area contributed by atoms with Crippen molar-refractivity contribution < 1.29 is 9.13 Å². The summed E-state index contributed by atoms with van der Waals surface area (Å²) in [6.07, 6.45) is -0.0250. The first kappa shape index (κ1) is 15.1. The molecule has 1 aromatic rings. The third-order valence-corrected chi connectivity index (χ3v) is 3.30. The molecule has 0 fully saturated rings. The van der Waals surface area contributed by atoms with E-state index in [9.17, 15) is 4.39 Å². The van der Waals surface area contributed by atoms with Gasteiger partial charge in [0.1, 0.15) is 5.82 Å². The lowest BCUT2D eigenvalue weighted by Gasteiger charge is -2.36. The van der Waals surface area contributed by atoms with E-state index < -0.39 is 0 Å². The highest BCUT2D eigenvalue weighted by Crippen LogP contribution is 2.33. The van der Waals surface area contributed by atoms with Crippen LogP contribution >= 0.6 is 0 Å². The lowest BCUT2D eigenvalue weighted by Crippen LogP contribution is -2.40. The Balaban J connectivity index is 3.19. The van der Waals surface area contributed by atoms with Crippen LogP contribution < -0.4 is 5.32 Å². The molecule has 2 atom stereocenters. The van der Waals surface area contributed by atoms with Gasteiger partial charge in [0.2, 0.25) is 0 Å². The first-order chi connectivity index (χ1) is 8.31. The topological polar surface area (TPSA) is 21.3 Å². The van der Waals surface area contributed by atoms with E-state index in [-0.39, 0.29) is 23.4 Å². The van der Waals surface area contributed by atoms with E-state index in [2.05, 4.69) is 26.1 Å². The number of likely N-dealkylation sites (N-methyl/N-ethyl adjacent to an activating group) is 1. The fourth-order valence-electron chi connectivity index (χ4n) is 2.41. The number of aryl methyl sites for hydroxylation is 1. The molecular formula is C15H24FNO. The van der Waals surface area contributed by atoms with Crippen LogP contribution in [0.1, 0.15) is 37.9 Å². The fraction of sp³-hybridized carbons (Fsp3) is 0.600. The zero-order chi connectivity index (χ0) is 13.9. The number of rotatable bonds is 4. The predicted octanol–water partition coefficient (Wildman–Crippen LogP) is 3.46. The number of halogens is 1. The standard InChI is InChI=1S/C15H24FNO/c1-10-7-8-11(16)9-12(10)13(17-5)14(18-6)15(2,3)4/h7-9,13-14,17H,1-6H3. The highest BCUT2D eigenvalue weighted by atomic mass is 19.1. The van der Waals surface area contributed by atoms with Crippen LogP contribution in [0.5, 0.6) is 0 Å². The van der Waals surface area contributed by atoms with Crippen molar-refractivity contribution in [2.24, 2.45) is 5.41 Å². The van der Waals surface area contributed by atoms with Gasteiger partial charge in [0, 0.05) is 7.11 Å². The van der Waals surface area contributed by atoms with Crippen molar-refractivity contribution in [2.75, 3.05) is 14.2 Å². The normalized spacial score (nSPS) is 15.5. The van der Waals surface area contributed by atoms with Crippen molar-refractivity contribution in [2.45, 2.75) is 39.8 Å². The molecule has 0 radical (unpaired) electrons. The average Bonchev–Trinajstić information content (AvgIpc) is 2.27. The minimum Gasteiger partial charge on any atom is -0.379 e. The Labute approximate surface area is 110 Å².